The highest BCUT2D eigenvalue weighted by atomic mass is 35.5. The minimum atomic E-state index is -4.63. The summed E-state index contributed by atoms with van der Waals surface area (Å²) in [5, 5.41) is 6.34. The Hall–Kier alpha value is -3.58. The van der Waals surface area contributed by atoms with Gasteiger partial charge in [0.1, 0.15) is 0 Å². The average molecular weight is 689 g/mol. The number of nitrogens with one attached hydrogen (secondary N) is 2. The zero-order chi connectivity index (χ0) is 34.0. The van der Waals surface area contributed by atoms with Gasteiger partial charge in [-0.25, -0.2) is 5.43 Å². The highest BCUT2D eigenvalue weighted by Crippen LogP contribution is 2.35. The number of nitrogens with zero attached hydrogens (tertiary/aromatic N) is 4. The summed E-state index contributed by atoms with van der Waals surface area (Å²) < 4.78 is 39.8. The van der Waals surface area contributed by atoms with Crippen LogP contribution in [0.15, 0.2) is 65.8 Å². The van der Waals surface area contributed by atoms with E-state index in [1.165, 1.54) is 6.07 Å². The minimum Gasteiger partial charge on any atom is -0.370 e. The Morgan fingerprint density at radius 3 is 2.45 bits per heavy atom. The van der Waals surface area contributed by atoms with Crippen molar-refractivity contribution in [2.75, 3.05) is 68.0 Å². The van der Waals surface area contributed by atoms with Crippen LogP contribution in [0, 0.1) is 0 Å². The zero-order valence-electron chi connectivity index (χ0n) is 26.7. The predicted octanol–water partition coefficient (Wildman–Crippen LogP) is 6.70. The van der Waals surface area contributed by atoms with Crippen LogP contribution in [0.5, 0.6) is 0 Å². The minimum absolute atomic E-state index is 0.105. The average Bonchev–Trinajstić information content (AvgIpc) is 3.06. The van der Waals surface area contributed by atoms with E-state index in [1.807, 2.05) is 43.1 Å². The molecular weight excluding hydrogens is 649 g/mol. The number of anilines is 2. The van der Waals surface area contributed by atoms with E-state index in [1.54, 1.807) is 18.2 Å². The number of carbonyl (C=O) groups excluding carboxylic acids is 2. The van der Waals surface area contributed by atoms with Gasteiger partial charge in [0.05, 0.1) is 28.1 Å². The van der Waals surface area contributed by atoms with E-state index in [4.69, 9.17) is 11.6 Å². The molecule has 0 bridgehead atoms. The van der Waals surface area contributed by atoms with Crippen LogP contribution in [0.3, 0.4) is 0 Å². The lowest BCUT2D eigenvalue weighted by Gasteiger charge is -2.29. The lowest BCUT2D eigenvalue weighted by molar-refractivity contribution is -0.137. The van der Waals surface area contributed by atoms with Crippen molar-refractivity contribution >= 4 is 52.8 Å². The summed E-state index contributed by atoms with van der Waals surface area (Å²) >= 11 is 7.57. The van der Waals surface area contributed by atoms with Crippen LogP contribution >= 0.6 is 23.4 Å². The SMILES string of the molecule is CCN(CC)CCN(C)Cc1cccc(C(=O)Nc2ccc(N3CCSCC3)cc2C(=O)N/N=C/c2ccc(Cl)c(C(F)(F)F)c2)c1. The molecule has 0 aromatic heterocycles. The second-order valence-corrected chi connectivity index (χ2v) is 12.8. The lowest BCUT2D eigenvalue weighted by Crippen LogP contribution is -2.33. The first-order valence-corrected chi connectivity index (χ1v) is 17.0. The molecule has 0 unspecified atom stereocenters. The van der Waals surface area contributed by atoms with E-state index in [0.717, 1.165) is 80.4 Å². The molecule has 47 heavy (non-hydrogen) atoms. The molecular formula is C34H40ClF3N6O2S. The third-order valence-electron chi connectivity index (χ3n) is 7.88. The normalized spacial score (nSPS) is 13.9. The summed E-state index contributed by atoms with van der Waals surface area (Å²) in [6.07, 6.45) is -3.52. The van der Waals surface area contributed by atoms with Crippen molar-refractivity contribution < 1.29 is 22.8 Å². The fourth-order valence-electron chi connectivity index (χ4n) is 5.16. The first kappa shape index (κ1) is 36.3. The molecule has 1 aliphatic heterocycles. The van der Waals surface area contributed by atoms with Crippen LogP contribution in [-0.4, -0.2) is 85.7 Å². The number of amides is 2. The summed E-state index contributed by atoms with van der Waals surface area (Å²) in [4.78, 5) is 33.6. The molecule has 0 aliphatic carbocycles. The van der Waals surface area contributed by atoms with E-state index in [-0.39, 0.29) is 22.7 Å². The third-order valence-corrected chi connectivity index (χ3v) is 9.15. The summed E-state index contributed by atoms with van der Waals surface area (Å²) in [5.41, 5.74) is 4.21. The molecule has 3 aromatic carbocycles. The molecule has 0 atom stereocenters. The number of hydrogen-bond donors (Lipinski definition) is 2. The van der Waals surface area contributed by atoms with Crippen molar-refractivity contribution in [3.8, 4) is 0 Å². The highest BCUT2D eigenvalue weighted by molar-refractivity contribution is 7.99. The van der Waals surface area contributed by atoms with Crippen LogP contribution in [0.25, 0.3) is 0 Å². The van der Waals surface area contributed by atoms with Gasteiger partial charge in [-0.1, -0.05) is 43.6 Å². The molecule has 0 spiro atoms. The number of benzene rings is 3. The van der Waals surface area contributed by atoms with E-state index < -0.39 is 22.7 Å². The van der Waals surface area contributed by atoms with E-state index in [9.17, 15) is 22.8 Å². The van der Waals surface area contributed by atoms with Gasteiger partial charge in [0.25, 0.3) is 11.8 Å². The molecule has 2 amide bonds. The maximum Gasteiger partial charge on any atom is 0.417 e. The Morgan fingerprint density at radius 1 is 1.00 bits per heavy atom. The smallest absolute Gasteiger partial charge is 0.370 e. The zero-order valence-corrected chi connectivity index (χ0v) is 28.3. The topological polar surface area (TPSA) is 80.3 Å². The molecule has 0 radical (unpaired) electrons. The second-order valence-electron chi connectivity index (χ2n) is 11.2. The molecule has 1 heterocycles. The maximum absolute atomic E-state index is 13.4. The number of likely N-dealkylation sites (N-methyl/N-ethyl adjacent to an activating group) is 2. The fraction of sp³-hybridized carbons (Fsp3) is 0.382. The highest BCUT2D eigenvalue weighted by Gasteiger charge is 2.33. The largest absolute Gasteiger partial charge is 0.417 e. The van der Waals surface area contributed by atoms with Crippen molar-refractivity contribution in [1.82, 2.24) is 15.2 Å². The lowest BCUT2D eigenvalue weighted by atomic mass is 10.1. The van der Waals surface area contributed by atoms with Crippen LogP contribution in [-0.2, 0) is 12.7 Å². The molecule has 8 nitrogen and oxygen atoms in total. The molecule has 0 saturated carbocycles. The second kappa shape index (κ2) is 17.0. The number of hydrazone groups is 1. The molecule has 4 rings (SSSR count). The summed E-state index contributed by atoms with van der Waals surface area (Å²) in [6.45, 7) is 10.4. The molecule has 13 heteroatoms. The summed E-state index contributed by atoms with van der Waals surface area (Å²) in [6, 6.07) is 16.0. The van der Waals surface area contributed by atoms with Crippen molar-refractivity contribution in [2.24, 2.45) is 5.10 Å². The molecule has 1 aliphatic rings. The molecule has 1 saturated heterocycles. The molecule has 1 fully saturated rings. The van der Waals surface area contributed by atoms with Crippen LogP contribution < -0.4 is 15.6 Å². The van der Waals surface area contributed by atoms with Gasteiger partial charge in [-0.3, -0.25) is 9.59 Å². The first-order chi connectivity index (χ1) is 22.5. The van der Waals surface area contributed by atoms with Crippen molar-refractivity contribution in [3.63, 3.8) is 0 Å². The van der Waals surface area contributed by atoms with Crippen molar-refractivity contribution in [2.45, 2.75) is 26.6 Å². The Bertz CT molecular complexity index is 1560. The number of hydrogen-bond acceptors (Lipinski definition) is 7. The predicted molar refractivity (Wildman–Crippen MR) is 186 cm³/mol. The van der Waals surface area contributed by atoms with E-state index >= 15 is 0 Å². The Labute approximate surface area is 283 Å². The number of halogens is 4. The van der Waals surface area contributed by atoms with Gasteiger partial charge in [0.2, 0.25) is 0 Å². The molecule has 252 valence electrons. The fourth-order valence-corrected chi connectivity index (χ4v) is 6.29. The maximum atomic E-state index is 13.4. The van der Waals surface area contributed by atoms with E-state index in [2.05, 4.69) is 44.4 Å². The Balaban J connectivity index is 1.51. The number of alkyl halides is 3. The van der Waals surface area contributed by atoms with Crippen molar-refractivity contribution in [3.05, 3.63) is 93.5 Å². The van der Waals surface area contributed by atoms with Gasteiger partial charge in [-0.2, -0.15) is 30.0 Å². The Morgan fingerprint density at radius 2 is 1.74 bits per heavy atom. The van der Waals surface area contributed by atoms with Crippen LogP contribution in [0.4, 0.5) is 24.5 Å². The van der Waals surface area contributed by atoms with Crippen LogP contribution in [0.1, 0.15) is 51.3 Å². The van der Waals surface area contributed by atoms with E-state index in [0.29, 0.717) is 12.1 Å². The van der Waals surface area contributed by atoms with Gasteiger partial charge < -0.3 is 20.0 Å². The van der Waals surface area contributed by atoms with Crippen LogP contribution in [0.2, 0.25) is 5.02 Å². The van der Waals surface area contributed by atoms with Gasteiger partial charge in [0.15, 0.2) is 0 Å². The monoisotopic (exact) mass is 688 g/mol. The van der Waals surface area contributed by atoms with Gasteiger partial charge in [0, 0.05) is 55.5 Å². The third kappa shape index (κ3) is 10.5. The Kier molecular flexibility index (Phi) is 13.1. The quantitative estimate of drug-likeness (QED) is 0.154. The molecule has 2 N–H and O–H groups in total. The standard InChI is InChI=1S/C34H40ClF3N6O2S/c1-4-43(5-2)14-13-42(3)23-25-7-6-8-26(19-25)32(45)40-31-12-10-27(44-15-17-47-18-16-44)21-28(31)33(46)41-39-22-24-9-11-30(35)29(20-24)34(36,37)38/h6-12,19-22H,4-5,13-18,23H2,1-3H3,(H,40,45)(H,41,46)/b39-22+. The molecule has 3 aromatic rings. The van der Waals surface area contributed by atoms with Gasteiger partial charge in [-0.15, -0.1) is 0 Å². The van der Waals surface area contributed by atoms with Gasteiger partial charge in [-0.05, 0) is 73.7 Å². The summed E-state index contributed by atoms with van der Waals surface area (Å²) in [7, 11) is 2.05. The first-order valence-electron chi connectivity index (χ1n) is 15.5. The number of rotatable bonds is 13. The van der Waals surface area contributed by atoms with Crippen molar-refractivity contribution in [1.29, 1.82) is 0 Å². The number of carbonyl (C=O) groups is 2. The summed E-state index contributed by atoms with van der Waals surface area (Å²) in [5.74, 6) is 0.898. The number of thioether (sulfide) groups is 1. The van der Waals surface area contributed by atoms with Gasteiger partial charge >= 0.3 is 6.18 Å².